The fourth-order valence-electron chi connectivity index (χ4n) is 2.87. The van der Waals surface area contributed by atoms with Crippen LogP contribution >= 0.6 is 0 Å². The van der Waals surface area contributed by atoms with Gasteiger partial charge in [-0.2, -0.15) is 9.29 Å². The minimum Gasteiger partial charge on any atom is -0.496 e. The molecule has 1 aliphatic heterocycles. The van der Waals surface area contributed by atoms with Crippen molar-refractivity contribution in [2.24, 2.45) is 0 Å². The third-order valence-corrected chi connectivity index (χ3v) is 6.43. The molecule has 4 rings (SSSR count). The second-order valence-electron chi connectivity index (χ2n) is 6.42. The first-order chi connectivity index (χ1) is 11.5. The predicted octanol–water partition coefficient (Wildman–Crippen LogP) is 2.05. The van der Waals surface area contributed by atoms with Gasteiger partial charge in [0.05, 0.1) is 17.9 Å². The topological polar surface area (TPSA) is 85.5 Å². The van der Waals surface area contributed by atoms with Crippen molar-refractivity contribution < 1.29 is 17.7 Å². The molecule has 1 aliphatic carbocycles. The lowest BCUT2D eigenvalue weighted by atomic mass is 10.0. The van der Waals surface area contributed by atoms with E-state index in [4.69, 9.17) is 9.26 Å². The molecule has 0 radical (unpaired) electrons. The van der Waals surface area contributed by atoms with Crippen molar-refractivity contribution in [2.45, 2.75) is 36.5 Å². The molecule has 1 aromatic heterocycles. The number of aromatic nitrogens is 2. The van der Waals surface area contributed by atoms with Gasteiger partial charge in [0, 0.05) is 19.0 Å². The highest BCUT2D eigenvalue weighted by Crippen LogP contribution is 2.39. The number of hydrogen-bond donors (Lipinski definition) is 0. The van der Waals surface area contributed by atoms with Gasteiger partial charge in [-0.15, -0.1) is 0 Å². The van der Waals surface area contributed by atoms with E-state index in [1.54, 1.807) is 25.3 Å². The van der Waals surface area contributed by atoms with Crippen LogP contribution in [0, 0.1) is 6.92 Å². The summed E-state index contributed by atoms with van der Waals surface area (Å²) in [6.45, 7) is 2.58. The maximum Gasteiger partial charge on any atom is 0.243 e. The van der Waals surface area contributed by atoms with Gasteiger partial charge in [-0.05, 0) is 43.5 Å². The SMILES string of the molecule is COc1ccc(S(=O)(=O)N2CC(c3nc(C4CC4)no3)C2)cc1C. The second kappa shape index (κ2) is 5.56. The number of benzene rings is 1. The van der Waals surface area contributed by atoms with Crippen molar-refractivity contribution >= 4 is 10.0 Å². The van der Waals surface area contributed by atoms with Crippen LogP contribution in [0.2, 0.25) is 0 Å². The monoisotopic (exact) mass is 349 g/mol. The molecule has 2 aliphatic rings. The zero-order chi connectivity index (χ0) is 16.9. The van der Waals surface area contributed by atoms with Gasteiger partial charge in [-0.1, -0.05) is 5.16 Å². The molecule has 128 valence electrons. The fraction of sp³-hybridized carbons (Fsp3) is 0.500. The fourth-order valence-corrected chi connectivity index (χ4v) is 4.49. The highest BCUT2D eigenvalue weighted by molar-refractivity contribution is 7.89. The Hall–Kier alpha value is -1.93. The van der Waals surface area contributed by atoms with Crippen molar-refractivity contribution in [2.75, 3.05) is 20.2 Å². The predicted molar refractivity (Wildman–Crippen MR) is 85.5 cm³/mol. The van der Waals surface area contributed by atoms with Gasteiger partial charge >= 0.3 is 0 Å². The van der Waals surface area contributed by atoms with E-state index >= 15 is 0 Å². The Morgan fingerprint density at radius 2 is 2.00 bits per heavy atom. The van der Waals surface area contributed by atoms with Gasteiger partial charge in [0.2, 0.25) is 15.9 Å². The lowest BCUT2D eigenvalue weighted by molar-refractivity contribution is 0.216. The molecule has 0 N–H and O–H groups in total. The van der Waals surface area contributed by atoms with Gasteiger partial charge in [0.1, 0.15) is 5.75 Å². The average molecular weight is 349 g/mol. The molecule has 0 bridgehead atoms. The van der Waals surface area contributed by atoms with Crippen LogP contribution in [0.15, 0.2) is 27.6 Å². The quantitative estimate of drug-likeness (QED) is 0.821. The first-order valence-electron chi connectivity index (χ1n) is 7.97. The zero-order valence-corrected chi connectivity index (χ0v) is 14.4. The summed E-state index contributed by atoms with van der Waals surface area (Å²) < 4.78 is 37.3. The van der Waals surface area contributed by atoms with Crippen LogP contribution in [-0.2, 0) is 10.0 Å². The van der Waals surface area contributed by atoms with Gasteiger partial charge in [-0.3, -0.25) is 0 Å². The summed E-state index contributed by atoms with van der Waals surface area (Å²) in [7, 11) is -1.93. The van der Waals surface area contributed by atoms with Crippen molar-refractivity contribution in [1.29, 1.82) is 0 Å². The summed E-state index contributed by atoms with van der Waals surface area (Å²) >= 11 is 0. The highest BCUT2D eigenvalue weighted by Gasteiger charge is 2.41. The zero-order valence-electron chi connectivity index (χ0n) is 13.6. The summed E-state index contributed by atoms with van der Waals surface area (Å²) in [6.07, 6.45) is 2.22. The average Bonchev–Trinajstić information content (AvgIpc) is 3.25. The van der Waals surface area contributed by atoms with E-state index in [-0.39, 0.29) is 10.8 Å². The molecule has 0 unspecified atom stereocenters. The molecule has 2 fully saturated rings. The third-order valence-electron chi connectivity index (χ3n) is 4.60. The number of nitrogens with zero attached hydrogens (tertiary/aromatic N) is 3. The van der Waals surface area contributed by atoms with E-state index in [2.05, 4.69) is 10.1 Å². The molecule has 0 amide bonds. The van der Waals surface area contributed by atoms with E-state index in [9.17, 15) is 8.42 Å². The molecule has 24 heavy (non-hydrogen) atoms. The van der Waals surface area contributed by atoms with Crippen LogP contribution in [0.1, 0.15) is 42.0 Å². The molecule has 1 saturated heterocycles. The van der Waals surface area contributed by atoms with Crippen LogP contribution in [0.4, 0.5) is 0 Å². The lowest BCUT2D eigenvalue weighted by Gasteiger charge is -2.35. The Bertz CT molecular complexity index is 867. The standard InChI is InChI=1S/C16H19N3O4S/c1-10-7-13(5-6-14(10)22-2)24(20,21)19-8-12(9-19)16-17-15(18-23-16)11-3-4-11/h5-7,11-12H,3-4,8-9H2,1-2H3. The van der Waals surface area contributed by atoms with Crippen LogP contribution < -0.4 is 4.74 Å². The number of ether oxygens (including phenoxy) is 1. The third kappa shape index (κ3) is 2.59. The molecular weight excluding hydrogens is 330 g/mol. The largest absolute Gasteiger partial charge is 0.496 e. The second-order valence-corrected chi connectivity index (χ2v) is 8.35. The summed E-state index contributed by atoms with van der Waals surface area (Å²) in [5.41, 5.74) is 0.793. The van der Waals surface area contributed by atoms with E-state index in [1.165, 1.54) is 4.31 Å². The van der Waals surface area contributed by atoms with Crippen LogP contribution in [0.5, 0.6) is 5.75 Å². The van der Waals surface area contributed by atoms with Gasteiger partial charge in [0.15, 0.2) is 5.82 Å². The van der Waals surface area contributed by atoms with Gasteiger partial charge in [-0.25, -0.2) is 8.42 Å². The Morgan fingerprint density at radius 3 is 2.62 bits per heavy atom. The maximum atomic E-state index is 12.7. The van der Waals surface area contributed by atoms with Crippen LogP contribution in [0.3, 0.4) is 0 Å². The molecule has 2 heterocycles. The highest BCUT2D eigenvalue weighted by atomic mass is 32.2. The summed E-state index contributed by atoms with van der Waals surface area (Å²) in [6, 6.07) is 4.89. The van der Waals surface area contributed by atoms with Crippen molar-refractivity contribution in [3.05, 3.63) is 35.5 Å². The van der Waals surface area contributed by atoms with Crippen LogP contribution in [0.25, 0.3) is 0 Å². The maximum absolute atomic E-state index is 12.7. The molecule has 0 spiro atoms. The van der Waals surface area contributed by atoms with Crippen LogP contribution in [-0.4, -0.2) is 43.1 Å². The molecule has 0 atom stereocenters. The summed E-state index contributed by atoms with van der Waals surface area (Å²) in [5, 5.41) is 3.99. The van der Waals surface area contributed by atoms with E-state index < -0.39 is 10.0 Å². The number of aryl methyl sites for hydroxylation is 1. The van der Waals surface area contributed by atoms with Crippen molar-refractivity contribution in [3.8, 4) is 5.75 Å². The first kappa shape index (κ1) is 15.6. The minimum atomic E-state index is -3.50. The molecule has 2 aromatic rings. The van der Waals surface area contributed by atoms with Gasteiger partial charge < -0.3 is 9.26 Å². The minimum absolute atomic E-state index is 0.0147. The molecule has 1 aromatic carbocycles. The van der Waals surface area contributed by atoms with E-state index in [0.29, 0.717) is 30.6 Å². The van der Waals surface area contributed by atoms with Gasteiger partial charge in [0.25, 0.3) is 0 Å². The summed E-state index contributed by atoms with van der Waals surface area (Å²) in [4.78, 5) is 4.69. The molecule has 1 saturated carbocycles. The Labute approximate surface area is 140 Å². The number of sulfonamides is 1. The number of hydrogen-bond acceptors (Lipinski definition) is 6. The number of rotatable bonds is 5. The first-order valence-corrected chi connectivity index (χ1v) is 9.41. The lowest BCUT2D eigenvalue weighted by Crippen LogP contribution is -2.48. The van der Waals surface area contributed by atoms with Crippen molar-refractivity contribution in [1.82, 2.24) is 14.4 Å². The Balaban J connectivity index is 1.47. The smallest absolute Gasteiger partial charge is 0.243 e. The molecular formula is C16H19N3O4S. The Kier molecular flexibility index (Phi) is 3.61. The van der Waals surface area contributed by atoms with Crippen molar-refractivity contribution in [3.63, 3.8) is 0 Å². The molecule has 8 heteroatoms. The molecule has 7 nitrogen and oxygen atoms in total. The van der Waals surface area contributed by atoms with E-state index in [0.717, 1.165) is 24.2 Å². The normalized spacial score (nSPS) is 19.2. The number of methoxy groups -OCH3 is 1. The summed E-state index contributed by atoms with van der Waals surface area (Å²) in [5.74, 6) is 2.41. The Morgan fingerprint density at radius 1 is 1.25 bits per heavy atom. The van der Waals surface area contributed by atoms with E-state index in [1.807, 2.05) is 6.92 Å².